The molecule has 2 rings (SSSR count). The topological polar surface area (TPSA) is 30.5 Å². The van der Waals surface area contributed by atoms with Crippen LogP contribution in [0.1, 0.15) is 44.4 Å². The molecule has 1 aliphatic heterocycles. The van der Waals surface area contributed by atoms with Crippen molar-refractivity contribution >= 4 is 0 Å². The smallest absolute Gasteiger partial charge is 0.127 e. The van der Waals surface area contributed by atoms with Gasteiger partial charge in [-0.15, -0.1) is 0 Å². The Balaban J connectivity index is 2.30. The summed E-state index contributed by atoms with van der Waals surface area (Å²) in [5, 5.41) is 3.53. The number of para-hydroxylation sites is 1. The molecular formula is C16H25NO2. The predicted octanol–water partition coefficient (Wildman–Crippen LogP) is 3.09. The van der Waals surface area contributed by atoms with E-state index < -0.39 is 0 Å². The second-order valence-corrected chi connectivity index (χ2v) is 4.98. The van der Waals surface area contributed by atoms with E-state index in [9.17, 15) is 0 Å². The summed E-state index contributed by atoms with van der Waals surface area (Å²) >= 11 is 0. The van der Waals surface area contributed by atoms with Gasteiger partial charge >= 0.3 is 0 Å². The first kappa shape index (κ1) is 14.4. The quantitative estimate of drug-likeness (QED) is 0.855. The van der Waals surface area contributed by atoms with Crippen LogP contribution in [0.4, 0.5) is 0 Å². The van der Waals surface area contributed by atoms with Crippen molar-refractivity contribution in [2.24, 2.45) is 0 Å². The summed E-state index contributed by atoms with van der Waals surface area (Å²) in [7, 11) is 0. The molecule has 0 aromatic heterocycles. The lowest BCUT2D eigenvalue weighted by Crippen LogP contribution is -2.33. The fourth-order valence-corrected chi connectivity index (χ4v) is 2.77. The number of fused-ring (bicyclic) bond motifs is 1. The molecule has 1 aromatic rings. The van der Waals surface area contributed by atoms with Gasteiger partial charge in [0, 0.05) is 12.2 Å². The summed E-state index contributed by atoms with van der Waals surface area (Å²) in [5.41, 5.74) is 2.57. The maximum atomic E-state index is 5.91. The number of rotatable bonds is 6. The number of aryl methyl sites for hydroxylation is 1. The van der Waals surface area contributed by atoms with Crippen LogP contribution in [0.3, 0.4) is 0 Å². The summed E-state index contributed by atoms with van der Waals surface area (Å²) in [5.74, 6) is 1.08. The van der Waals surface area contributed by atoms with Gasteiger partial charge in [0.1, 0.15) is 5.75 Å². The monoisotopic (exact) mass is 263 g/mol. The maximum absolute atomic E-state index is 5.91. The van der Waals surface area contributed by atoms with Gasteiger partial charge < -0.3 is 14.8 Å². The largest absolute Gasteiger partial charge is 0.493 e. The Morgan fingerprint density at radius 3 is 2.95 bits per heavy atom. The maximum Gasteiger partial charge on any atom is 0.127 e. The lowest BCUT2D eigenvalue weighted by molar-refractivity contribution is 0.0466. The molecule has 0 saturated heterocycles. The second-order valence-electron chi connectivity index (χ2n) is 4.98. The van der Waals surface area contributed by atoms with Crippen LogP contribution in [0.25, 0.3) is 0 Å². The standard InChI is InChI=1S/C16H25NO2/c1-4-17-15(12(3)18-5-2)14-10-6-8-13-9-7-11-19-16(13)14/h6,8,10,12,15,17H,4-5,7,9,11H2,1-3H3. The van der Waals surface area contributed by atoms with Gasteiger partial charge in [0.25, 0.3) is 0 Å². The van der Waals surface area contributed by atoms with Crippen molar-refractivity contribution in [1.29, 1.82) is 0 Å². The highest BCUT2D eigenvalue weighted by molar-refractivity contribution is 5.44. The van der Waals surface area contributed by atoms with Gasteiger partial charge in [-0.1, -0.05) is 25.1 Å². The molecule has 3 nitrogen and oxygen atoms in total. The lowest BCUT2D eigenvalue weighted by Gasteiger charge is -2.29. The van der Waals surface area contributed by atoms with Crippen LogP contribution in [0.5, 0.6) is 5.75 Å². The summed E-state index contributed by atoms with van der Waals surface area (Å²) in [6, 6.07) is 6.66. The molecule has 1 aromatic carbocycles. The normalized spacial score (nSPS) is 17.4. The third-order valence-corrected chi connectivity index (χ3v) is 3.62. The molecule has 1 N–H and O–H groups in total. The van der Waals surface area contributed by atoms with Crippen LogP contribution >= 0.6 is 0 Å². The average Bonchev–Trinajstić information content (AvgIpc) is 2.44. The highest BCUT2D eigenvalue weighted by Gasteiger charge is 2.25. The van der Waals surface area contributed by atoms with E-state index in [-0.39, 0.29) is 12.1 Å². The van der Waals surface area contributed by atoms with Crippen LogP contribution in [0.2, 0.25) is 0 Å². The number of ether oxygens (including phenoxy) is 2. The number of nitrogens with one attached hydrogen (secondary N) is 1. The molecule has 2 atom stereocenters. The zero-order valence-corrected chi connectivity index (χ0v) is 12.2. The number of hydrogen-bond donors (Lipinski definition) is 1. The van der Waals surface area contributed by atoms with Gasteiger partial charge in [0.15, 0.2) is 0 Å². The molecule has 0 saturated carbocycles. The van der Waals surface area contributed by atoms with Crippen molar-refractivity contribution in [2.45, 2.75) is 45.8 Å². The Morgan fingerprint density at radius 1 is 1.37 bits per heavy atom. The van der Waals surface area contributed by atoms with E-state index >= 15 is 0 Å². The van der Waals surface area contributed by atoms with Gasteiger partial charge in [-0.05, 0) is 38.8 Å². The van der Waals surface area contributed by atoms with Gasteiger partial charge in [0.2, 0.25) is 0 Å². The first-order chi connectivity index (χ1) is 9.27. The Bertz CT molecular complexity index is 406. The van der Waals surface area contributed by atoms with Gasteiger partial charge in [-0.3, -0.25) is 0 Å². The molecule has 0 fully saturated rings. The van der Waals surface area contributed by atoms with Crippen LogP contribution in [0.15, 0.2) is 18.2 Å². The lowest BCUT2D eigenvalue weighted by atomic mass is 9.95. The molecule has 0 amide bonds. The SMILES string of the molecule is CCNC(c1cccc2c1OCCC2)C(C)OCC. The van der Waals surface area contributed by atoms with Gasteiger partial charge in [-0.2, -0.15) is 0 Å². The summed E-state index contributed by atoms with van der Waals surface area (Å²) < 4.78 is 11.7. The molecule has 0 spiro atoms. The zero-order valence-electron chi connectivity index (χ0n) is 12.2. The van der Waals surface area contributed by atoms with Crippen molar-refractivity contribution in [3.63, 3.8) is 0 Å². The molecule has 1 aliphatic rings. The minimum absolute atomic E-state index is 0.141. The van der Waals surface area contributed by atoms with E-state index in [1.165, 1.54) is 11.1 Å². The Kier molecular flexibility index (Phi) is 5.23. The first-order valence-electron chi connectivity index (χ1n) is 7.37. The Labute approximate surface area is 116 Å². The van der Waals surface area contributed by atoms with Crippen molar-refractivity contribution in [1.82, 2.24) is 5.32 Å². The van der Waals surface area contributed by atoms with Gasteiger partial charge in [0.05, 0.1) is 18.8 Å². The number of benzene rings is 1. The molecule has 3 heteroatoms. The molecule has 19 heavy (non-hydrogen) atoms. The third kappa shape index (κ3) is 3.28. The summed E-state index contributed by atoms with van der Waals surface area (Å²) in [6.07, 6.45) is 2.37. The number of hydrogen-bond acceptors (Lipinski definition) is 3. The highest BCUT2D eigenvalue weighted by Crippen LogP contribution is 2.34. The molecular weight excluding hydrogens is 238 g/mol. The van der Waals surface area contributed by atoms with E-state index in [1.807, 2.05) is 6.92 Å². The molecule has 1 heterocycles. The van der Waals surface area contributed by atoms with E-state index in [1.54, 1.807) is 0 Å². The third-order valence-electron chi connectivity index (χ3n) is 3.62. The Hall–Kier alpha value is -1.06. The molecule has 0 bridgehead atoms. The minimum atomic E-state index is 0.141. The highest BCUT2D eigenvalue weighted by atomic mass is 16.5. The van der Waals surface area contributed by atoms with Crippen molar-refractivity contribution < 1.29 is 9.47 Å². The minimum Gasteiger partial charge on any atom is -0.493 e. The summed E-state index contributed by atoms with van der Waals surface area (Å²) in [6.45, 7) is 8.77. The van der Waals surface area contributed by atoms with Crippen molar-refractivity contribution in [2.75, 3.05) is 19.8 Å². The average molecular weight is 263 g/mol. The van der Waals surface area contributed by atoms with Crippen LogP contribution in [0, 0.1) is 0 Å². The van der Waals surface area contributed by atoms with E-state index in [0.717, 1.165) is 38.3 Å². The van der Waals surface area contributed by atoms with Crippen LogP contribution < -0.4 is 10.1 Å². The molecule has 106 valence electrons. The second kappa shape index (κ2) is 6.92. The van der Waals surface area contributed by atoms with E-state index in [0.29, 0.717) is 0 Å². The zero-order chi connectivity index (χ0) is 13.7. The molecule has 0 radical (unpaired) electrons. The Morgan fingerprint density at radius 2 is 2.21 bits per heavy atom. The van der Waals surface area contributed by atoms with Crippen molar-refractivity contribution in [3.05, 3.63) is 29.3 Å². The number of likely N-dealkylation sites (N-methyl/N-ethyl adjacent to an activating group) is 1. The predicted molar refractivity (Wildman–Crippen MR) is 77.8 cm³/mol. The van der Waals surface area contributed by atoms with Gasteiger partial charge in [-0.25, -0.2) is 0 Å². The summed E-state index contributed by atoms with van der Waals surface area (Å²) in [4.78, 5) is 0. The van der Waals surface area contributed by atoms with Crippen LogP contribution in [-0.4, -0.2) is 25.9 Å². The van der Waals surface area contributed by atoms with E-state index in [2.05, 4.69) is 37.4 Å². The van der Waals surface area contributed by atoms with Crippen LogP contribution in [-0.2, 0) is 11.2 Å². The fourth-order valence-electron chi connectivity index (χ4n) is 2.77. The molecule has 0 aliphatic carbocycles. The van der Waals surface area contributed by atoms with Crippen molar-refractivity contribution in [3.8, 4) is 5.75 Å². The first-order valence-corrected chi connectivity index (χ1v) is 7.37. The fraction of sp³-hybridized carbons (Fsp3) is 0.625. The van der Waals surface area contributed by atoms with E-state index in [4.69, 9.17) is 9.47 Å². The molecule has 2 unspecified atom stereocenters.